The van der Waals surface area contributed by atoms with Crippen LogP contribution in [0.15, 0.2) is 24.3 Å². The lowest BCUT2D eigenvalue weighted by molar-refractivity contribution is -0.138. The largest absolute Gasteiger partial charge is 0.416 e. The predicted octanol–water partition coefficient (Wildman–Crippen LogP) is 2.34. The van der Waals surface area contributed by atoms with E-state index in [2.05, 4.69) is 9.80 Å². The molecule has 0 saturated carbocycles. The molecule has 0 aliphatic carbocycles. The van der Waals surface area contributed by atoms with Gasteiger partial charge in [0.05, 0.1) is 11.7 Å². The Bertz CT molecular complexity index is 534. The molecule has 3 nitrogen and oxygen atoms in total. The maximum absolute atomic E-state index is 13.1. The first-order chi connectivity index (χ1) is 10.3. The Kier molecular flexibility index (Phi) is 4.18. The summed E-state index contributed by atoms with van der Waals surface area (Å²) in [5, 5.41) is 9.76. The highest BCUT2D eigenvalue weighted by Crippen LogP contribution is 2.33. The molecule has 122 valence electrons. The summed E-state index contributed by atoms with van der Waals surface area (Å²) in [4.78, 5) is 4.35. The van der Waals surface area contributed by atoms with Crippen LogP contribution in [-0.4, -0.2) is 52.7 Å². The van der Waals surface area contributed by atoms with Gasteiger partial charge in [-0.05, 0) is 25.0 Å². The fourth-order valence-electron chi connectivity index (χ4n) is 3.65. The second-order valence-electron chi connectivity index (χ2n) is 6.43. The number of rotatable bonds is 2. The first kappa shape index (κ1) is 15.8. The second kappa shape index (κ2) is 5.83. The molecule has 2 fully saturated rings. The molecule has 1 aromatic rings. The molecule has 2 aliphatic rings. The highest BCUT2D eigenvalue weighted by atomic mass is 19.4. The van der Waals surface area contributed by atoms with Crippen molar-refractivity contribution in [1.82, 2.24) is 9.80 Å². The number of aliphatic hydroxyl groups is 1. The lowest BCUT2D eigenvalue weighted by Crippen LogP contribution is -2.54. The van der Waals surface area contributed by atoms with E-state index in [-0.39, 0.29) is 18.2 Å². The number of hydrogen-bond donors (Lipinski definition) is 1. The van der Waals surface area contributed by atoms with Crippen molar-refractivity contribution in [2.75, 3.05) is 19.6 Å². The van der Waals surface area contributed by atoms with Gasteiger partial charge in [-0.3, -0.25) is 9.80 Å². The normalized spacial score (nSPS) is 30.5. The first-order valence-corrected chi connectivity index (χ1v) is 7.66. The van der Waals surface area contributed by atoms with Gasteiger partial charge in [0.2, 0.25) is 0 Å². The van der Waals surface area contributed by atoms with Gasteiger partial charge in [-0.2, -0.15) is 13.2 Å². The zero-order valence-electron chi connectivity index (χ0n) is 12.6. The SMILES string of the molecule is C[C@H]1CN2C[C@H](O)C[C@H]2CN1Cc1ccccc1C(F)(F)F. The molecule has 3 rings (SSSR count). The van der Waals surface area contributed by atoms with E-state index in [0.29, 0.717) is 31.6 Å². The van der Waals surface area contributed by atoms with Gasteiger partial charge in [-0.15, -0.1) is 0 Å². The zero-order chi connectivity index (χ0) is 15.9. The zero-order valence-corrected chi connectivity index (χ0v) is 12.6. The number of hydrogen-bond acceptors (Lipinski definition) is 3. The van der Waals surface area contributed by atoms with Gasteiger partial charge in [0.25, 0.3) is 0 Å². The van der Waals surface area contributed by atoms with Gasteiger partial charge in [0.15, 0.2) is 0 Å². The van der Waals surface area contributed by atoms with Crippen molar-refractivity contribution >= 4 is 0 Å². The van der Waals surface area contributed by atoms with Crippen LogP contribution in [0.5, 0.6) is 0 Å². The van der Waals surface area contributed by atoms with Crippen LogP contribution in [-0.2, 0) is 12.7 Å². The van der Waals surface area contributed by atoms with E-state index < -0.39 is 11.7 Å². The molecule has 0 unspecified atom stereocenters. The van der Waals surface area contributed by atoms with Crippen LogP contribution in [0.1, 0.15) is 24.5 Å². The minimum Gasteiger partial charge on any atom is -0.392 e. The number of aliphatic hydroxyl groups excluding tert-OH is 1. The Morgan fingerprint density at radius 3 is 2.64 bits per heavy atom. The average molecular weight is 314 g/mol. The molecular formula is C16H21F3N2O. The summed E-state index contributed by atoms with van der Waals surface area (Å²) in [7, 11) is 0. The van der Waals surface area contributed by atoms with Gasteiger partial charge in [-0.25, -0.2) is 0 Å². The summed E-state index contributed by atoms with van der Waals surface area (Å²) in [5.74, 6) is 0. The van der Waals surface area contributed by atoms with Crippen molar-refractivity contribution in [2.24, 2.45) is 0 Å². The molecule has 0 aromatic heterocycles. The van der Waals surface area contributed by atoms with Crippen molar-refractivity contribution < 1.29 is 18.3 Å². The van der Waals surface area contributed by atoms with Crippen molar-refractivity contribution in [3.8, 4) is 0 Å². The Balaban J connectivity index is 1.76. The molecule has 3 atom stereocenters. The van der Waals surface area contributed by atoms with Crippen molar-refractivity contribution in [2.45, 2.75) is 44.3 Å². The van der Waals surface area contributed by atoms with Crippen LogP contribution >= 0.6 is 0 Å². The smallest absolute Gasteiger partial charge is 0.392 e. The summed E-state index contributed by atoms with van der Waals surface area (Å²) in [6.45, 7) is 4.54. The molecule has 0 amide bonds. The number of fused-ring (bicyclic) bond motifs is 1. The Morgan fingerprint density at radius 1 is 1.18 bits per heavy atom. The highest BCUT2D eigenvalue weighted by molar-refractivity contribution is 5.29. The number of benzene rings is 1. The monoisotopic (exact) mass is 314 g/mol. The van der Waals surface area contributed by atoms with Crippen molar-refractivity contribution in [1.29, 1.82) is 0 Å². The third-order valence-electron chi connectivity index (χ3n) is 4.77. The van der Waals surface area contributed by atoms with Gasteiger partial charge in [0.1, 0.15) is 0 Å². The lowest BCUT2D eigenvalue weighted by Gasteiger charge is -2.42. The summed E-state index contributed by atoms with van der Waals surface area (Å²) in [6, 6.07) is 6.24. The topological polar surface area (TPSA) is 26.7 Å². The van der Waals surface area contributed by atoms with E-state index in [4.69, 9.17) is 0 Å². The highest BCUT2D eigenvalue weighted by Gasteiger charge is 2.39. The van der Waals surface area contributed by atoms with E-state index in [0.717, 1.165) is 12.6 Å². The predicted molar refractivity (Wildman–Crippen MR) is 77.3 cm³/mol. The number of alkyl halides is 3. The van der Waals surface area contributed by atoms with Crippen molar-refractivity contribution in [3.05, 3.63) is 35.4 Å². The van der Waals surface area contributed by atoms with Crippen LogP contribution in [0.2, 0.25) is 0 Å². The average Bonchev–Trinajstić information content (AvgIpc) is 2.78. The van der Waals surface area contributed by atoms with Gasteiger partial charge < -0.3 is 5.11 Å². The molecule has 0 spiro atoms. The number of nitrogens with zero attached hydrogens (tertiary/aromatic N) is 2. The minimum absolute atomic E-state index is 0.183. The van der Waals surface area contributed by atoms with E-state index in [1.807, 2.05) is 6.92 Å². The van der Waals surface area contributed by atoms with E-state index in [1.54, 1.807) is 12.1 Å². The fraction of sp³-hybridized carbons (Fsp3) is 0.625. The third kappa shape index (κ3) is 3.14. The Hall–Kier alpha value is -1.11. The molecule has 6 heteroatoms. The van der Waals surface area contributed by atoms with Gasteiger partial charge in [0, 0.05) is 38.3 Å². The van der Waals surface area contributed by atoms with E-state index >= 15 is 0 Å². The molecular weight excluding hydrogens is 293 g/mol. The maximum Gasteiger partial charge on any atom is 0.416 e. The molecule has 22 heavy (non-hydrogen) atoms. The Morgan fingerprint density at radius 2 is 1.91 bits per heavy atom. The first-order valence-electron chi connectivity index (χ1n) is 7.66. The van der Waals surface area contributed by atoms with Gasteiger partial charge in [-0.1, -0.05) is 18.2 Å². The molecule has 2 saturated heterocycles. The quantitative estimate of drug-likeness (QED) is 0.908. The van der Waals surface area contributed by atoms with Crippen LogP contribution in [0.3, 0.4) is 0 Å². The summed E-state index contributed by atoms with van der Waals surface area (Å²) < 4.78 is 39.3. The molecule has 1 aromatic carbocycles. The summed E-state index contributed by atoms with van der Waals surface area (Å²) >= 11 is 0. The fourth-order valence-corrected chi connectivity index (χ4v) is 3.65. The van der Waals surface area contributed by atoms with Crippen LogP contribution in [0.25, 0.3) is 0 Å². The second-order valence-corrected chi connectivity index (χ2v) is 6.43. The maximum atomic E-state index is 13.1. The molecule has 2 heterocycles. The molecule has 0 bridgehead atoms. The molecule has 1 N–H and O–H groups in total. The third-order valence-corrected chi connectivity index (χ3v) is 4.77. The van der Waals surface area contributed by atoms with Crippen LogP contribution in [0, 0.1) is 0 Å². The number of piperazine rings is 1. The standard InChI is InChI=1S/C16H21F3N2O/c1-11-7-21-10-14(22)6-13(21)9-20(11)8-12-4-2-3-5-15(12)16(17,18)19/h2-5,11,13-14,22H,6-10H2,1H3/t11-,13-,14+/m0/s1. The van der Waals surface area contributed by atoms with E-state index in [1.165, 1.54) is 6.07 Å². The summed E-state index contributed by atoms with van der Waals surface area (Å²) in [5.41, 5.74) is -0.218. The Labute approximate surface area is 128 Å². The lowest BCUT2D eigenvalue weighted by atomic mass is 10.0. The van der Waals surface area contributed by atoms with Crippen LogP contribution < -0.4 is 0 Å². The van der Waals surface area contributed by atoms with E-state index in [9.17, 15) is 18.3 Å². The van der Waals surface area contributed by atoms with Crippen molar-refractivity contribution in [3.63, 3.8) is 0 Å². The van der Waals surface area contributed by atoms with Gasteiger partial charge >= 0.3 is 6.18 Å². The summed E-state index contributed by atoms with van der Waals surface area (Å²) in [6.07, 6.45) is -3.91. The minimum atomic E-state index is -4.31. The molecule has 2 aliphatic heterocycles. The van der Waals surface area contributed by atoms with Crippen LogP contribution in [0.4, 0.5) is 13.2 Å². The molecule has 0 radical (unpaired) electrons. The number of halogens is 3.